The number of amides is 1. The summed E-state index contributed by atoms with van der Waals surface area (Å²) in [5.41, 5.74) is 1.08. The number of hydrogen-bond donors (Lipinski definition) is 0. The van der Waals surface area contributed by atoms with E-state index in [9.17, 15) is 4.79 Å². The molecule has 2 atom stereocenters. The van der Waals surface area contributed by atoms with Crippen LogP contribution in [0, 0.1) is 0 Å². The van der Waals surface area contributed by atoms with E-state index in [1.54, 1.807) is 11.0 Å². The Morgan fingerprint density at radius 3 is 2.92 bits per heavy atom. The maximum absolute atomic E-state index is 12.8. The van der Waals surface area contributed by atoms with Crippen molar-refractivity contribution in [3.63, 3.8) is 0 Å². The van der Waals surface area contributed by atoms with E-state index in [1.165, 1.54) is 0 Å². The Kier molecular flexibility index (Phi) is 4.78. The van der Waals surface area contributed by atoms with Gasteiger partial charge < -0.3 is 18.9 Å². The van der Waals surface area contributed by atoms with Crippen molar-refractivity contribution in [2.24, 2.45) is 0 Å². The van der Waals surface area contributed by atoms with Gasteiger partial charge >= 0.3 is 0 Å². The van der Waals surface area contributed by atoms with E-state index in [0.717, 1.165) is 37.2 Å². The second-order valence-electron chi connectivity index (χ2n) is 7.02. The van der Waals surface area contributed by atoms with Crippen molar-refractivity contribution in [3.8, 4) is 0 Å². The lowest BCUT2D eigenvalue weighted by molar-refractivity contribution is -0.0959. The van der Waals surface area contributed by atoms with Crippen LogP contribution in [0.4, 0.5) is 0 Å². The number of carbonyl (C=O) groups excluding carboxylic acids is 1. The molecule has 2 aliphatic rings. The number of likely N-dealkylation sites (tertiary alicyclic amines) is 1. The lowest BCUT2D eigenvalue weighted by atomic mass is 9.96. The molecule has 0 saturated carbocycles. The molecule has 2 aliphatic heterocycles. The summed E-state index contributed by atoms with van der Waals surface area (Å²) in [6.45, 7) is 4.26. The Balaban J connectivity index is 1.48. The van der Waals surface area contributed by atoms with Crippen LogP contribution in [-0.2, 0) is 22.5 Å². The summed E-state index contributed by atoms with van der Waals surface area (Å²) in [5.74, 6) is 0.602. The highest BCUT2D eigenvalue weighted by Gasteiger charge is 2.52. The molecule has 1 aromatic carbocycles. The standard InChI is InChI=1S/C20H24N2O4/c1-2-16-11-17(21-26-16)19(23)22-12-18(20(14-22)9-6-10-25-20)24-13-15-7-4-3-5-8-15/h3-5,7-8,11,18H,2,6,9-10,12-14H2,1H3/t18-,20-/m0/s1. The van der Waals surface area contributed by atoms with Crippen molar-refractivity contribution >= 4 is 5.91 Å². The highest BCUT2D eigenvalue weighted by Crippen LogP contribution is 2.37. The van der Waals surface area contributed by atoms with E-state index in [2.05, 4.69) is 5.16 Å². The SMILES string of the molecule is CCc1cc(C(=O)N2C[C@H](OCc3ccccc3)[C@]3(CCCO3)C2)no1. The molecule has 1 amide bonds. The Labute approximate surface area is 153 Å². The smallest absolute Gasteiger partial charge is 0.276 e. The topological polar surface area (TPSA) is 64.8 Å². The van der Waals surface area contributed by atoms with E-state index in [1.807, 2.05) is 37.3 Å². The first kappa shape index (κ1) is 17.2. The van der Waals surface area contributed by atoms with Crippen LogP contribution in [0.2, 0.25) is 0 Å². The molecule has 1 spiro atoms. The summed E-state index contributed by atoms with van der Waals surface area (Å²) < 4.78 is 17.5. The summed E-state index contributed by atoms with van der Waals surface area (Å²) in [5, 5.41) is 3.92. The minimum Gasteiger partial charge on any atom is -0.370 e. The lowest BCUT2D eigenvalue weighted by Crippen LogP contribution is -2.42. The van der Waals surface area contributed by atoms with E-state index in [-0.39, 0.29) is 12.0 Å². The van der Waals surface area contributed by atoms with Crippen LogP contribution in [0.5, 0.6) is 0 Å². The molecule has 2 saturated heterocycles. The van der Waals surface area contributed by atoms with Crippen molar-refractivity contribution in [3.05, 3.63) is 53.4 Å². The van der Waals surface area contributed by atoms with Crippen molar-refractivity contribution in [2.45, 2.75) is 44.5 Å². The van der Waals surface area contributed by atoms with E-state index in [0.29, 0.717) is 25.4 Å². The lowest BCUT2D eigenvalue weighted by Gasteiger charge is -2.28. The zero-order valence-corrected chi connectivity index (χ0v) is 15.0. The fraction of sp³-hybridized carbons (Fsp3) is 0.500. The van der Waals surface area contributed by atoms with Gasteiger partial charge in [0, 0.05) is 19.1 Å². The van der Waals surface area contributed by atoms with Gasteiger partial charge in [-0.3, -0.25) is 4.79 Å². The largest absolute Gasteiger partial charge is 0.370 e. The summed E-state index contributed by atoms with van der Waals surface area (Å²) in [7, 11) is 0. The predicted molar refractivity (Wildman–Crippen MR) is 94.7 cm³/mol. The fourth-order valence-corrected chi connectivity index (χ4v) is 3.83. The number of ether oxygens (including phenoxy) is 2. The number of hydrogen-bond acceptors (Lipinski definition) is 5. The van der Waals surface area contributed by atoms with Crippen LogP contribution in [0.15, 0.2) is 40.9 Å². The molecule has 0 unspecified atom stereocenters. The highest BCUT2D eigenvalue weighted by molar-refractivity contribution is 5.92. The number of rotatable bonds is 5. The van der Waals surface area contributed by atoms with Gasteiger partial charge in [-0.05, 0) is 18.4 Å². The van der Waals surface area contributed by atoms with E-state index in [4.69, 9.17) is 14.0 Å². The molecule has 6 heteroatoms. The Hall–Kier alpha value is -2.18. The Morgan fingerprint density at radius 2 is 2.23 bits per heavy atom. The fourth-order valence-electron chi connectivity index (χ4n) is 3.83. The zero-order chi connectivity index (χ0) is 18.0. The van der Waals surface area contributed by atoms with Crippen LogP contribution in [-0.4, -0.2) is 47.4 Å². The molecule has 4 rings (SSSR count). The Morgan fingerprint density at radius 1 is 1.38 bits per heavy atom. The minimum atomic E-state index is -0.401. The number of benzene rings is 1. The Bertz CT molecular complexity index is 752. The minimum absolute atomic E-state index is 0.117. The summed E-state index contributed by atoms with van der Waals surface area (Å²) in [4.78, 5) is 14.6. The summed E-state index contributed by atoms with van der Waals surface area (Å²) >= 11 is 0. The predicted octanol–water partition coefficient (Wildman–Crippen LogP) is 2.83. The first-order valence-electron chi connectivity index (χ1n) is 9.24. The first-order valence-corrected chi connectivity index (χ1v) is 9.24. The van der Waals surface area contributed by atoms with Gasteiger partial charge in [-0.25, -0.2) is 0 Å². The summed E-state index contributed by atoms with van der Waals surface area (Å²) in [6.07, 6.45) is 2.49. The normalized spacial score (nSPS) is 25.3. The van der Waals surface area contributed by atoms with Gasteiger partial charge in [0.1, 0.15) is 17.5 Å². The molecule has 0 radical (unpaired) electrons. The third-order valence-corrected chi connectivity index (χ3v) is 5.27. The van der Waals surface area contributed by atoms with Gasteiger partial charge in [0.25, 0.3) is 5.91 Å². The molecular formula is C20H24N2O4. The van der Waals surface area contributed by atoms with Crippen LogP contribution in [0.1, 0.15) is 41.6 Å². The quantitative estimate of drug-likeness (QED) is 0.824. The molecule has 6 nitrogen and oxygen atoms in total. The van der Waals surface area contributed by atoms with Crippen molar-refractivity contribution in [2.75, 3.05) is 19.7 Å². The monoisotopic (exact) mass is 356 g/mol. The molecule has 0 N–H and O–H groups in total. The number of aromatic nitrogens is 1. The van der Waals surface area contributed by atoms with Crippen LogP contribution < -0.4 is 0 Å². The van der Waals surface area contributed by atoms with Crippen molar-refractivity contribution < 1.29 is 18.8 Å². The molecule has 26 heavy (non-hydrogen) atoms. The molecule has 0 bridgehead atoms. The number of aryl methyl sites for hydroxylation is 1. The average Bonchev–Trinajstić information content (AvgIpc) is 3.41. The third kappa shape index (κ3) is 3.27. The maximum atomic E-state index is 12.8. The van der Waals surface area contributed by atoms with Gasteiger partial charge in [-0.15, -0.1) is 0 Å². The van der Waals surface area contributed by atoms with Gasteiger partial charge in [0.2, 0.25) is 0 Å². The van der Waals surface area contributed by atoms with Gasteiger partial charge in [0.05, 0.1) is 19.7 Å². The van der Waals surface area contributed by atoms with Crippen LogP contribution in [0.25, 0.3) is 0 Å². The highest BCUT2D eigenvalue weighted by atomic mass is 16.6. The summed E-state index contributed by atoms with van der Waals surface area (Å²) in [6, 6.07) is 11.8. The molecule has 3 heterocycles. The van der Waals surface area contributed by atoms with E-state index < -0.39 is 5.60 Å². The van der Waals surface area contributed by atoms with Gasteiger partial charge in [0.15, 0.2) is 5.69 Å². The second kappa shape index (κ2) is 7.21. The second-order valence-corrected chi connectivity index (χ2v) is 7.02. The van der Waals surface area contributed by atoms with Crippen molar-refractivity contribution in [1.29, 1.82) is 0 Å². The molecule has 138 valence electrons. The number of carbonyl (C=O) groups is 1. The number of nitrogens with zero attached hydrogens (tertiary/aromatic N) is 2. The molecule has 2 aromatic rings. The molecule has 2 fully saturated rings. The molecular weight excluding hydrogens is 332 g/mol. The third-order valence-electron chi connectivity index (χ3n) is 5.27. The molecule has 1 aromatic heterocycles. The van der Waals surface area contributed by atoms with Crippen LogP contribution in [0.3, 0.4) is 0 Å². The van der Waals surface area contributed by atoms with Gasteiger partial charge in [-0.2, -0.15) is 0 Å². The molecule has 0 aliphatic carbocycles. The zero-order valence-electron chi connectivity index (χ0n) is 15.0. The van der Waals surface area contributed by atoms with E-state index >= 15 is 0 Å². The maximum Gasteiger partial charge on any atom is 0.276 e. The van der Waals surface area contributed by atoms with Gasteiger partial charge in [-0.1, -0.05) is 42.4 Å². The average molecular weight is 356 g/mol. The van der Waals surface area contributed by atoms with Crippen LogP contribution >= 0.6 is 0 Å². The van der Waals surface area contributed by atoms with Crippen molar-refractivity contribution in [1.82, 2.24) is 10.1 Å². The first-order chi connectivity index (χ1) is 12.7.